The summed E-state index contributed by atoms with van der Waals surface area (Å²) >= 11 is 0. The molecular weight excluding hydrogens is 228 g/mol. The monoisotopic (exact) mass is 256 g/mol. The third-order valence-corrected chi connectivity index (χ3v) is 4.15. The second-order valence-corrected chi connectivity index (χ2v) is 5.30. The van der Waals surface area contributed by atoms with Crippen LogP contribution in [0, 0.1) is 5.41 Å². The molecule has 0 bridgehead atoms. The third kappa shape index (κ3) is 3.47. The zero-order chi connectivity index (χ0) is 13.4. The average Bonchev–Trinajstić information content (AvgIpc) is 2.79. The van der Waals surface area contributed by atoms with Gasteiger partial charge in [0.15, 0.2) is 0 Å². The topological polar surface area (TPSA) is 35.5 Å². The van der Waals surface area contributed by atoms with E-state index in [-0.39, 0.29) is 17.5 Å². The highest BCUT2D eigenvalue weighted by Gasteiger charge is 2.49. The molecule has 0 heterocycles. The van der Waals surface area contributed by atoms with Crippen molar-refractivity contribution in [2.45, 2.75) is 71.3 Å². The lowest BCUT2D eigenvalue weighted by molar-refractivity contribution is -0.163. The number of carbonyl (C=O) groups excluding carboxylic acids is 1. The van der Waals surface area contributed by atoms with E-state index in [1.165, 1.54) is 19.3 Å². The molecule has 1 aliphatic rings. The quantitative estimate of drug-likeness (QED) is 0.490. The lowest BCUT2D eigenvalue weighted by Crippen LogP contribution is -2.40. The Labute approximate surface area is 111 Å². The van der Waals surface area contributed by atoms with Gasteiger partial charge in [0, 0.05) is 7.11 Å². The van der Waals surface area contributed by atoms with Crippen LogP contribution in [0.5, 0.6) is 0 Å². The maximum atomic E-state index is 12.3. The molecule has 0 radical (unpaired) electrons. The van der Waals surface area contributed by atoms with E-state index in [9.17, 15) is 4.79 Å². The maximum absolute atomic E-state index is 12.3. The molecule has 1 fully saturated rings. The molecule has 18 heavy (non-hydrogen) atoms. The zero-order valence-electron chi connectivity index (χ0n) is 12.2. The van der Waals surface area contributed by atoms with Gasteiger partial charge in [0.05, 0.1) is 18.1 Å². The first-order chi connectivity index (χ1) is 8.71. The van der Waals surface area contributed by atoms with E-state index in [4.69, 9.17) is 9.47 Å². The standard InChI is InChI=1S/C15H28O3/c1-4-6-7-8-11-15(14(16)18-5-2)12-9-10-13(15)17-3/h13H,4-12H2,1-3H3. The van der Waals surface area contributed by atoms with Crippen LogP contribution >= 0.6 is 0 Å². The van der Waals surface area contributed by atoms with Gasteiger partial charge >= 0.3 is 5.97 Å². The number of unbranched alkanes of at least 4 members (excludes halogenated alkanes) is 3. The van der Waals surface area contributed by atoms with Crippen molar-refractivity contribution in [3.63, 3.8) is 0 Å². The van der Waals surface area contributed by atoms with Crippen LogP contribution in [0.25, 0.3) is 0 Å². The van der Waals surface area contributed by atoms with Crippen molar-refractivity contribution in [3.8, 4) is 0 Å². The molecule has 0 amide bonds. The van der Waals surface area contributed by atoms with E-state index < -0.39 is 0 Å². The van der Waals surface area contributed by atoms with Gasteiger partial charge in [-0.2, -0.15) is 0 Å². The van der Waals surface area contributed by atoms with Crippen molar-refractivity contribution < 1.29 is 14.3 Å². The van der Waals surface area contributed by atoms with E-state index in [0.717, 1.165) is 32.1 Å². The molecule has 3 nitrogen and oxygen atoms in total. The maximum Gasteiger partial charge on any atom is 0.314 e. The van der Waals surface area contributed by atoms with E-state index in [2.05, 4.69) is 6.92 Å². The van der Waals surface area contributed by atoms with Crippen molar-refractivity contribution in [1.29, 1.82) is 0 Å². The minimum atomic E-state index is -0.363. The minimum absolute atomic E-state index is 0.0363. The molecule has 3 heteroatoms. The van der Waals surface area contributed by atoms with Gasteiger partial charge in [-0.15, -0.1) is 0 Å². The highest BCUT2D eigenvalue weighted by molar-refractivity contribution is 5.78. The predicted molar refractivity (Wildman–Crippen MR) is 72.5 cm³/mol. The Bertz CT molecular complexity index is 252. The molecule has 0 spiro atoms. The van der Waals surface area contributed by atoms with Crippen molar-refractivity contribution in [3.05, 3.63) is 0 Å². The number of methoxy groups -OCH3 is 1. The van der Waals surface area contributed by atoms with Gasteiger partial charge in [-0.1, -0.05) is 32.6 Å². The van der Waals surface area contributed by atoms with Crippen LogP contribution in [-0.4, -0.2) is 25.8 Å². The van der Waals surface area contributed by atoms with E-state index in [0.29, 0.717) is 6.61 Å². The summed E-state index contributed by atoms with van der Waals surface area (Å²) in [6.45, 7) is 4.54. The largest absolute Gasteiger partial charge is 0.465 e. The minimum Gasteiger partial charge on any atom is -0.465 e. The number of hydrogen-bond acceptors (Lipinski definition) is 3. The molecule has 0 aromatic heterocycles. The summed E-state index contributed by atoms with van der Waals surface area (Å²) < 4.78 is 10.9. The molecular formula is C15H28O3. The summed E-state index contributed by atoms with van der Waals surface area (Å²) in [5.41, 5.74) is -0.363. The molecule has 0 aromatic rings. The molecule has 0 aromatic carbocycles. The van der Waals surface area contributed by atoms with Crippen molar-refractivity contribution >= 4 is 5.97 Å². The van der Waals surface area contributed by atoms with Gasteiger partial charge in [-0.05, 0) is 32.6 Å². The summed E-state index contributed by atoms with van der Waals surface area (Å²) in [7, 11) is 1.72. The SMILES string of the molecule is CCCCCCC1(C(=O)OCC)CCCC1OC. The number of ether oxygens (including phenoxy) is 2. The second kappa shape index (κ2) is 7.78. The van der Waals surface area contributed by atoms with Gasteiger partial charge in [0.1, 0.15) is 0 Å². The average molecular weight is 256 g/mol. The van der Waals surface area contributed by atoms with Crippen LogP contribution in [0.1, 0.15) is 65.2 Å². The molecule has 106 valence electrons. The highest BCUT2D eigenvalue weighted by atomic mass is 16.5. The predicted octanol–water partition coefficient (Wildman–Crippen LogP) is 3.71. The Hall–Kier alpha value is -0.570. The molecule has 2 unspecified atom stereocenters. The fourth-order valence-corrected chi connectivity index (χ4v) is 3.15. The van der Waals surface area contributed by atoms with Crippen LogP contribution < -0.4 is 0 Å². The van der Waals surface area contributed by atoms with E-state index >= 15 is 0 Å². The fraction of sp³-hybridized carbons (Fsp3) is 0.933. The number of esters is 1. The summed E-state index contributed by atoms with van der Waals surface area (Å²) in [6.07, 6.45) is 8.74. The van der Waals surface area contributed by atoms with Crippen molar-refractivity contribution in [1.82, 2.24) is 0 Å². The Morgan fingerprint density at radius 1 is 1.28 bits per heavy atom. The van der Waals surface area contributed by atoms with Crippen molar-refractivity contribution in [2.75, 3.05) is 13.7 Å². The van der Waals surface area contributed by atoms with Crippen LogP contribution in [0.3, 0.4) is 0 Å². The van der Waals surface area contributed by atoms with Gasteiger partial charge in [-0.25, -0.2) is 0 Å². The summed E-state index contributed by atoms with van der Waals surface area (Å²) in [5.74, 6) is -0.0363. The Morgan fingerprint density at radius 2 is 2.06 bits per heavy atom. The number of rotatable bonds is 8. The lowest BCUT2D eigenvalue weighted by Gasteiger charge is -2.32. The van der Waals surface area contributed by atoms with Crippen LogP contribution in [0.15, 0.2) is 0 Å². The third-order valence-electron chi connectivity index (χ3n) is 4.15. The molecule has 0 saturated heterocycles. The highest BCUT2D eigenvalue weighted by Crippen LogP contribution is 2.45. The molecule has 1 rings (SSSR count). The second-order valence-electron chi connectivity index (χ2n) is 5.30. The molecule has 0 N–H and O–H groups in total. The Balaban J connectivity index is 2.65. The first-order valence-corrected chi connectivity index (χ1v) is 7.41. The first kappa shape index (κ1) is 15.5. The fourth-order valence-electron chi connectivity index (χ4n) is 3.15. The summed E-state index contributed by atoms with van der Waals surface area (Å²) in [5, 5.41) is 0. The normalized spacial score (nSPS) is 27.4. The number of hydrogen-bond donors (Lipinski definition) is 0. The number of carbonyl (C=O) groups is 1. The van der Waals surface area contributed by atoms with E-state index in [1.54, 1.807) is 7.11 Å². The Kier molecular flexibility index (Phi) is 6.69. The summed E-state index contributed by atoms with van der Waals surface area (Å²) in [6, 6.07) is 0. The van der Waals surface area contributed by atoms with Gasteiger partial charge in [0.25, 0.3) is 0 Å². The van der Waals surface area contributed by atoms with Gasteiger partial charge in [0.2, 0.25) is 0 Å². The van der Waals surface area contributed by atoms with Crippen LogP contribution in [-0.2, 0) is 14.3 Å². The van der Waals surface area contributed by atoms with E-state index in [1.807, 2.05) is 6.92 Å². The first-order valence-electron chi connectivity index (χ1n) is 7.41. The van der Waals surface area contributed by atoms with Crippen LogP contribution in [0.4, 0.5) is 0 Å². The molecule has 1 aliphatic carbocycles. The van der Waals surface area contributed by atoms with Gasteiger partial charge < -0.3 is 9.47 Å². The van der Waals surface area contributed by atoms with Crippen LogP contribution in [0.2, 0.25) is 0 Å². The molecule has 2 atom stereocenters. The zero-order valence-corrected chi connectivity index (χ0v) is 12.2. The smallest absolute Gasteiger partial charge is 0.314 e. The molecule has 0 aliphatic heterocycles. The Morgan fingerprint density at radius 3 is 2.67 bits per heavy atom. The lowest BCUT2D eigenvalue weighted by atomic mass is 9.79. The molecule has 1 saturated carbocycles. The van der Waals surface area contributed by atoms with Gasteiger partial charge in [-0.3, -0.25) is 4.79 Å². The van der Waals surface area contributed by atoms with Crippen molar-refractivity contribution in [2.24, 2.45) is 5.41 Å². The summed E-state index contributed by atoms with van der Waals surface area (Å²) in [4.78, 5) is 12.3.